The van der Waals surface area contributed by atoms with Gasteiger partial charge in [-0.1, -0.05) is 11.6 Å². The van der Waals surface area contributed by atoms with Gasteiger partial charge in [0.25, 0.3) is 0 Å². The summed E-state index contributed by atoms with van der Waals surface area (Å²) in [7, 11) is 0. The Labute approximate surface area is 186 Å². The Hall–Kier alpha value is -2.13. The third-order valence-electron chi connectivity index (χ3n) is 6.60. The van der Waals surface area contributed by atoms with Crippen molar-refractivity contribution in [1.29, 1.82) is 0 Å². The molecule has 3 aliphatic heterocycles. The van der Waals surface area contributed by atoms with E-state index in [4.69, 9.17) is 31.0 Å². The summed E-state index contributed by atoms with van der Waals surface area (Å²) < 4.78 is 11.1. The summed E-state index contributed by atoms with van der Waals surface area (Å²) in [4.78, 5) is 11.8. The number of aryl methyl sites for hydroxylation is 1. The molecule has 0 amide bonds. The van der Waals surface area contributed by atoms with E-state index in [1.165, 1.54) is 0 Å². The number of piperidine rings is 1. The molecule has 166 valence electrons. The number of fused-ring (bicyclic) bond motifs is 1. The van der Waals surface area contributed by atoms with Gasteiger partial charge in [-0.25, -0.2) is 9.97 Å². The summed E-state index contributed by atoms with van der Waals surface area (Å²) in [6.07, 6.45) is 1.87. The van der Waals surface area contributed by atoms with Gasteiger partial charge in [-0.2, -0.15) is 0 Å². The summed E-state index contributed by atoms with van der Waals surface area (Å²) in [6, 6.07) is 3.78. The van der Waals surface area contributed by atoms with Gasteiger partial charge in [0.2, 0.25) is 0 Å². The molecule has 4 heterocycles. The number of benzene rings is 1. The van der Waals surface area contributed by atoms with Crippen molar-refractivity contribution in [3.8, 4) is 17.0 Å². The molecule has 0 unspecified atom stereocenters. The Morgan fingerprint density at radius 1 is 1.29 bits per heavy atom. The van der Waals surface area contributed by atoms with Gasteiger partial charge < -0.3 is 29.9 Å². The minimum absolute atomic E-state index is 0.0451. The fourth-order valence-electron chi connectivity index (χ4n) is 4.82. The number of hydrogen-bond acceptors (Lipinski definition) is 8. The Morgan fingerprint density at radius 3 is 2.81 bits per heavy atom. The number of anilines is 2. The maximum atomic E-state index is 10.1. The Balaban J connectivity index is 1.44. The van der Waals surface area contributed by atoms with E-state index in [0.717, 1.165) is 48.6 Å². The summed E-state index contributed by atoms with van der Waals surface area (Å²) in [5.41, 5.74) is 3.53. The number of halogens is 1. The molecule has 1 aromatic carbocycles. The lowest BCUT2D eigenvalue weighted by molar-refractivity contribution is -0.0597. The lowest BCUT2D eigenvalue weighted by Crippen LogP contribution is -2.41. The second kappa shape index (κ2) is 8.09. The largest absolute Gasteiger partial charge is 0.490 e. The second-order valence-corrected chi connectivity index (χ2v) is 9.00. The molecule has 0 aliphatic carbocycles. The molecule has 3 N–H and O–H groups in total. The van der Waals surface area contributed by atoms with Crippen molar-refractivity contribution in [3.05, 3.63) is 28.5 Å². The molecule has 1 atom stereocenters. The second-order valence-electron chi connectivity index (χ2n) is 8.62. The van der Waals surface area contributed by atoms with Crippen LogP contribution < -0.4 is 15.0 Å². The average Bonchev–Trinajstić information content (AvgIpc) is 3.15. The molecule has 2 fully saturated rings. The van der Waals surface area contributed by atoms with Crippen LogP contribution in [0.25, 0.3) is 11.3 Å². The molecular weight excluding hydrogens is 420 g/mol. The van der Waals surface area contributed by atoms with Crippen molar-refractivity contribution in [3.63, 3.8) is 0 Å². The van der Waals surface area contributed by atoms with Gasteiger partial charge in [0.15, 0.2) is 12.1 Å². The predicted octanol–water partition coefficient (Wildman–Crippen LogP) is 2.73. The molecule has 9 heteroatoms. The van der Waals surface area contributed by atoms with Gasteiger partial charge in [0, 0.05) is 37.0 Å². The van der Waals surface area contributed by atoms with E-state index in [1.54, 1.807) is 0 Å². The molecule has 3 aliphatic rings. The lowest BCUT2D eigenvalue weighted by Gasteiger charge is -2.39. The van der Waals surface area contributed by atoms with E-state index in [0.29, 0.717) is 48.4 Å². The molecule has 2 aromatic rings. The van der Waals surface area contributed by atoms with Crippen LogP contribution >= 0.6 is 11.6 Å². The maximum absolute atomic E-state index is 10.1. The minimum Gasteiger partial charge on any atom is -0.490 e. The van der Waals surface area contributed by atoms with Gasteiger partial charge in [-0.05, 0) is 31.9 Å². The van der Waals surface area contributed by atoms with Crippen LogP contribution in [0.3, 0.4) is 0 Å². The number of rotatable bonds is 3. The minimum atomic E-state index is -0.651. The SMILES string of the molecule is Cc1nc(N2CCC3(CC2)CO[C@@H](O)C3)c(CO)nc1-c1ccc2c(c1Cl)NCCO2. The number of nitrogens with zero attached hydrogens (tertiary/aromatic N) is 3. The highest BCUT2D eigenvalue weighted by Gasteiger charge is 2.42. The molecule has 0 bridgehead atoms. The van der Waals surface area contributed by atoms with Crippen molar-refractivity contribution in [2.45, 2.75) is 39.1 Å². The van der Waals surface area contributed by atoms with Gasteiger partial charge in [-0.3, -0.25) is 0 Å². The average molecular weight is 447 g/mol. The highest BCUT2D eigenvalue weighted by Crippen LogP contribution is 2.44. The third kappa shape index (κ3) is 3.71. The van der Waals surface area contributed by atoms with Crippen molar-refractivity contribution < 1.29 is 19.7 Å². The molecule has 1 spiro atoms. The van der Waals surface area contributed by atoms with Crippen LogP contribution in [0.1, 0.15) is 30.7 Å². The van der Waals surface area contributed by atoms with Crippen LogP contribution in [0.15, 0.2) is 12.1 Å². The van der Waals surface area contributed by atoms with E-state index in [-0.39, 0.29) is 12.0 Å². The number of hydrogen-bond donors (Lipinski definition) is 3. The quantitative estimate of drug-likeness (QED) is 0.661. The maximum Gasteiger partial charge on any atom is 0.155 e. The normalized spacial score (nSPS) is 22.2. The Kier molecular flexibility index (Phi) is 5.42. The van der Waals surface area contributed by atoms with Gasteiger partial charge >= 0.3 is 0 Å². The van der Waals surface area contributed by atoms with Gasteiger partial charge in [-0.15, -0.1) is 0 Å². The fraction of sp³-hybridized carbons (Fsp3) is 0.545. The summed E-state index contributed by atoms with van der Waals surface area (Å²) in [5.74, 6) is 1.45. The summed E-state index contributed by atoms with van der Waals surface area (Å²) in [5, 5.41) is 23.7. The van der Waals surface area contributed by atoms with Crippen molar-refractivity contribution in [1.82, 2.24) is 9.97 Å². The molecule has 1 aromatic heterocycles. The summed E-state index contributed by atoms with van der Waals surface area (Å²) >= 11 is 6.68. The molecular formula is C22H27ClN4O4. The molecule has 8 nitrogen and oxygen atoms in total. The zero-order valence-electron chi connectivity index (χ0n) is 17.5. The van der Waals surface area contributed by atoms with Crippen LogP contribution in [0.5, 0.6) is 5.75 Å². The number of aliphatic hydroxyl groups excluding tert-OH is 2. The molecule has 2 saturated heterocycles. The zero-order valence-corrected chi connectivity index (χ0v) is 18.3. The van der Waals surface area contributed by atoms with Crippen molar-refractivity contribution in [2.75, 3.05) is 43.1 Å². The Bertz CT molecular complexity index is 994. The number of aromatic nitrogens is 2. The number of nitrogens with one attached hydrogen (secondary N) is 1. The van der Waals surface area contributed by atoms with Crippen LogP contribution in [0, 0.1) is 12.3 Å². The Morgan fingerprint density at radius 2 is 2.10 bits per heavy atom. The molecule has 31 heavy (non-hydrogen) atoms. The zero-order chi connectivity index (χ0) is 21.6. The standard InChI is InChI=1S/C22H27ClN4O4/c1-13-19(14-2-3-16-20(18(14)23)24-6-9-30-16)26-15(11-28)21(25-13)27-7-4-22(5-8-27)10-17(29)31-12-22/h2-3,17,24,28-29H,4-12H2,1H3/t17-/m1/s1. The topological polar surface area (TPSA) is 100.0 Å². The number of aliphatic hydroxyl groups is 2. The van der Waals surface area contributed by atoms with Crippen LogP contribution in [-0.4, -0.2) is 59.3 Å². The van der Waals surface area contributed by atoms with Crippen molar-refractivity contribution >= 4 is 23.1 Å². The number of ether oxygens (including phenoxy) is 2. The first-order valence-electron chi connectivity index (χ1n) is 10.7. The van der Waals surface area contributed by atoms with E-state index in [9.17, 15) is 10.2 Å². The monoisotopic (exact) mass is 446 g/mol. The first-order valence-corrected chi connectivity index (χ1v) is 11.1. The first-order chi connectivity index (χ1) is 15.0. The van der Waals surface area contributed by atoms with E-state index in [2.05, 4.69) is 10.2 Å². The van der Waals surface area contributed by atoms with Crippen molar-refractivity contribution in [2.24, 2.45) is 5.41 Å². The fourth-order valence-corrected chi connectivity index (χ4v) is 5.13. The molecule has 0 saturated carbocycles. The predicted molar refractivity (Wildman–Crippen MR) is 118 cm³/mol. The lowest BCUT2D eigenvalue weighted by atomic mass is 9.77. The smallest absolute Gasteiger partial charge is 0.155 e. The van der Waals surface area contributed by atoms with Crippen LogP contribution in [0.4, 0.5) is 11.5 Å². The van der Waals surface area contributed by atoms with E-state index >= 15 is 0 Å². The third-order valence-corrected chi connectivity index (χ3v) is 7.00. The van der Waals surface area contributed by atoms with E-state index < -0.39 is 6.29 Å². The van der Waals surface area contributed by atoms with Crippen LogP contribution in [0.2, 0.25) is 5.02 Å². The molecule has 0 radical (unpaired) electrons. The van der Waals surface area contributed by atoms with Crippen LogP contribution in [-0.2, 0) is 11.3 Å². The van der Waals surface area contributed by atoms with Gasteiger partial charge in [0.1, 0.15) is 18.1 Å². The highest BCUT2D eigenvalue weighted by molar-refractivity contribution is 6.36. The molecule has 5 rings (SSSR count). The van der Waals surface area contributed by atoms with Gasteiger partial charge in [0.05, 0.1) is 35.3 Å². The highest BCUT2D eigenvalue weighted by atomic mass is 35.5. The van der Waals surface area contributed by atoms with E-state index in [1.807, 2.05) is 19.1 Å². The first kappa shape index (κ1) is 20.8. The summed E-state index contributed by atoms with van der Waals surface area (Å²) in [6.45, 7) is 5.19.